The van der Waals surface area contributed by atoms with Crippen LogP contribution in [0.25, 0.3) is 0 Å². The number of hydrogen-bond acceptors (Lipinski definition) is 4. The van der Waals surface area contributed by atoms with Crippen molar-refractivity contribution in [1.82, 2.24) is 0 Å². The third-order valence-electron chi connectivity index (χ3n) is 8.15. The van der Waals surface area contributed by atoms with Crippen molar-refractivity contribution in [2.24, 2.45) is 28.1 Å². The van der Waals surface area contributed by atoms with Crippen LogP contribution in [0.1, 0.15) is 92.2 Å². The lowest BCUT2D eigenvalue weighted by Gasteiger charge is -2.51. The van der Waals surface area contributed by atoms with E-state index in [-0.39, 0.29) is 16.1 Å². The van der Waals surface area contributed by atoms with Gasteiger partial charge in [0, 0.05) is 17.1 Å². The van der Waals surface area contributed by atoms with E-state index in [0.29, 0.717) is 12.8 Å². The van der Waals surface area contributed by atoms with Crippen molar-refractivity contribution in [3.05, 3.63) is 71.8 Å². The molecular formula is C34H48O4S2. The SMILES string of the molecule is CC(CC(C)(C)C(C(=O)O)C(C)(C)CC(C)(C)C(c1ccccc1)C(C)(C)SC(=S)Cc1ccccc1)C(=O)O. The molecule has 2 aromatic carbocycles. The van der Waals surface area contributed by atoms with E-state index >= 15 is 0 Å². The number of thioether (sulfide) groups is 1. The molecule has 0 saturated carbocycles. The van der Waals surface area contributed by atoms with Gasteiger partial charge >= 0.3 is 11.9 Å². The molecule has 2 aromatic rings. The highest BCUT2D eigenvalue weighted by Crippen LogP contribution is 2.57. The quantitative estimate of drug-likeness (QED) is 0.216. The standard InChI is InChI=1S/C34H48O4S2/c1-23(29(35)36)21-31(2,3)28(30(37)38)33(6,7)22-32(4,5)27(25-18-14-11-15-19-25)34(8,9)40-26(39)20-24-16-12-10-13-17-24/h10-19,23,27-28H,20-22H2,1-9H3,(H,35,36)(H,37,38). The van der Waals surface area contributed by atoms with Gasteiger partial charge in [0.15, 0.2) is 0 Å². The lowest BCUT2D eigenvalue weighted by molar-refractivity contribution is -0.156. The normalized spacial score (nSPS) is 15.2. The first kappa shape index (κ1) is 34.0. The molecule has 3 atom stereocenters. The molecule has 0 heterocycles. The first-order chi connectivity index (χ1) is 18.3. The lowest BCUT2D eigenvalue weighted by atomic mass is 9.55. The Morgan fingerprint density at radius 2 is 1.27 bits per heavy atom. The predicted molar refractivity (Wildman–Crippen MR) is 172 cm³/mol. The molecule has 0 aliphatic carbocycles. The van der Waals surface area contributed by atoms with E-state index in [4.69, 9.17) is 12.2 Å². The summed E-state index contributed by atoms with van der Waals surface area (Å²) in [5.74, 6) is -3.07. The minimum Gasteiger partial charge on any atom is -0.481 e. The Bertz CT molecular complexity index is 1150. The van der Waals surface area contributed by atoms with Crippen LogP contribution in [0.15, 0.2) is 60.7 Å². The zero-order chi connectivity index (χ0) is 30.5. The van der Waals surface area contributed by atoms with E-state index in [2.05, 4.69) is 64.1 Å². The van der Waals surface area contributed by atoms with Crippen molar-refractivity contribution in [3.8, 4) is 0 Å². The van der Waals surface area contributed by atoms with Crippen LogP contribution in [-0.2, 0) is 16.0 Å². The molecule has 0 spiro atoms. The minimum atomic E-state index is -0.898. The van der Waals surface area contributed by atoms with Gasteiger partial charge in [0.2, 0.25) is 0 Å². The number of hydrogen-bond donors (Lipinski definition) is 2. The van der Waals surface area contributed by atoms with Crippen LogP contribution in [0.5, 0.6) is 0 Å². The maximum atomic E-state index is 12.8. The van der Waals surface area contributed by atoms with E-state index in [1.165, 1.54) is 11.1 Å². The average molecular weight is 585 g/mol. The summed E-state index contributed by atoms with van der Waals surface area (Å²) in [4.78, 5) is 24.5. The van der Waals surface area contributed by atoms with Crippen LogP contribution in [0.3, 0.4) is 0 Å². The Hall–Kier alpha value is -2.18. The minimum absolute atomic E-state index is 0.0645. The highest BCUT2D eigenvalue weighted by atomic mass is 32.2. The second kappa shape index (κ2) is 13.2. The summed E-state index contributed by atoms with van der Waals surface area (Å²) < 4.78 is 0.651. The fourth-order valence-corrected chi connectivity index (χ4v) is 9.90. The van der Waals surface area contributed by atoms with Crippen molar-refractivity contribution in [1.29, 1.82) is 0 Å². The Kier molecular flexibility index (Phi) is 11.2. The molecule has 0 aliphatic heterocycles. The van der Waals surface area contributed by atoms with Crippen molar-refractivity contribution >= 4 is 40.1 Å². The second-order valence-electron chi connectivity index (χ2n) is 13.9. The van der Waals surface area contributed by atoms with Gasteiger partial charge in [0.05, 0.1) is 16.0 Å². The number of thiocarbonyl (C=S) groups is 1. The number of aliphatic carboxylic acids is 2. The Morgan fingerprint density at radius 3 is 1.75 bits per heavy atom. The fourth-order valence-electron chi connectivity index (χ4n) is 7.69. The topological polar surface area (TPSA) is 74.6 Å². The summed E-state index contributed by atoms with van der Waals surface area (Å²) in [6.07, 6.45) is 1.64. The van der Waals surface area contributed by atoms with Gasteiger partial charge in [-0.1, -0.05) is 121 Å². The molecule has 4 nitrogen and oxygen atoms in total. The van der Waals surface area contributed by atoms with Gasteiger partial charge in [-0.05, 0) is 54.1 Å². The molecule has 0 radical (unpaired) electrons. The zero-order valence-corrected chi connectivity index (χ0v) is 27.3. The van der Waals surface area contributed by atoms with Crippen molar-refractivity contribution in [2.45, 2.75) is 92.2 Å². The molecule has 0 amide bonds. The predicted octanol–water partition coefficient (Wildman–Crippen LogP) is 9.13. The fraction of sp³-hybridized carbons (Fsp3) is 0.559. The molecule has 3 unspecified atom stereocenters. The summed E-state index contributed by atoms with van der Waals surface area (Å²) in [6.45, 7) is 18.5. The van der Waals surface area contributed by atoms with Crippen LogP contribution in [-0.4, -0.2) is 31.1 Å². The molecule has 2 N–H and O–H groups in total. The maximum absolute atomic E-state index is 12.8. The van der Waals surface area contributed by atoms with Gasteiger partial charge in [0.1, 0.15) is 0 Å². The molecule has 2 rings (SSSR count). The lowest BCUT2D eigenvalue weighted by Crippen LogP contribution is -2.47. The highest BCUT2D eigenvalue weighted by molar-refractivity contribution is 8.24. The molecule has 6 heteroatoms. The number of benzene rings is 2. The number of carbonyl (C=O) groups is 2. The van der Waals surface area contributed by atoms with Gasteiger partial charge in [-0.15, -0.1) is 11.8 Å². The summed E-state index contributed by atoms with van der Waals surface area (Å²) in [7, 11) is 0. The first-order valence-corrected chi connectivity index (χ1v) is 15.3. The Balaban J connectivity index is 2.46. The van der Waals surface area contributed by atoms with Crippen LogP contribution in [0, 0.1) is 28.1 Å². The number of carboxylic acid groups (broad SMARTS) is 2. The summed E-state index contributed by atoms with van der Waals surface area (Å²) in [6, 6.07) is 20.7. The Morgan fingerprint density at radius 1 is 0.775 bits per heavy atom. The van der Waals surface area contributed by atoms with E-state index in [1.54, 1.807) is 18.7 Å². The zero-order valence-electron chi connectivity index (χ0n) is 25.7. The molecule has 0 aromatic heterocycles. The monoisotopic (exact) mass is 584 g/mol. The molecular weight excluding hydrogens is 537 g/mol. The highest BCUT2D eigenvalue weighted by Gasteiger charge is 2.51. The van der Waals surface area contributed by atoms with Crippen LogP contribution in [0.4, 0.5) is 0 Å². The van der Waals surface area contributed by atoms with Gasteiger partial charge in [0.25, 0.3) is 0 Å². The maximum Gasteiger partial charge on any atom is 0.307 e. The average Bonchev–Trinajstić information content (AvgIpc) is 2.77. The molecule has 0 bridgehead atoms. The van der Waals surface area contributed by atoms with Crippen LogP contribution < -0.4 is 0 Å². The van der Waals surface area contributed by atoms with Crippen LogP contribution >= 0.6 is 24.0 Å². The molecule has 0 aliphatic rings. The largest absolute Gasteiger partial charge is 0.481 e. The molecule has 220 valence electrons. The second-order valence-corrected chi connectivity index (χ2v) is 16.4. The summed E-state index contributed by atoms with van der Waals surface area (Å²) in [5.41, 5.74) is 0.748. The molecule has 0 saturated heterocycles. The summed E-state index contributed by atoms with van der Waals surface area (Å²) in [5, 5.41) is 20.0. The molecule has 0 fully saturated rings. The van der Waals surface area contributed by atoms with Crippen molar-refractivity contribution < 1.29 is 19.8 Å². The smallest absolute Gasteiger partial charge is 0.307 e. The van der Waals surface area contributed by atoms with Gasteiger partial charge in [-0.25, -0.2) is 0 Å². The van der Waals surface area contributed by atoms with Gasteiger partial charge < -0.3 is 10.2 Å². The number of rotatable bonds is 14. The Labute approximate surface area is 251 Å². The van der Waals surface area contributed by atoms with Gasteiger partial charge in [-0.3, -0.25) is 9.59 Å². The first-order valence-electron chi connectivity index (χ1n) is 14.1. The van der Waals surface area contributed by atoms with E-state index < -0.39 is 34.6 Å². The molecule has 40 heavy (non-hydrogen) atoms. The van der Waals surface area contributed by atoms with E-state index in [9.17, 15) is 19.8 Å². The third-order valence-corrected chi connectivity index (χ3v) is 9.68. The van der Waals surface area contributed by atoms with Gasteiger partial charge in [-0.2, -0.15) is 0 Å². The van der Waals surface area contributed by atoms with Crippen molar-refractivity contribution in [2.75, 3.05) is 0 Å². The number of carboxylic acids is 2. The van der Waals surface area contributed by atoms with Crippen LogP contribution in [0.2, 0.25) is 0 Å². The van der Waals surface area contributed by atoms with E-state index in [0.717, 1.165) is 10.6 Å². The third kappa shape index (κ3) is 8.91. The summed E-state index contributed by atoms with van der Waals surface area (Å²) >= 11 is 7.64. The van der Waals surface area contributed by atoms with E-state index in [1.807, 2.05) is 52.0 Å². The van der Waals surface area contributed by atoms with Crippen molar-refractivity contribution in [3.63, 3.8) is 0 Å².